The fraction of sp³-hybridized carbons (Fsp3) is 0.588. The molecule has 1 aromatic rings. The molecule has 0 spiro atoms. The molecule has 0 aromatic heterocycles. The van der Waals surface area contributed by atoms with E-state index in [0.29, 0.717) is 4.90 Å². The lowest BCUT2D eigenvalue weighted by molar-refractivity contribution is -0.203. The van der Waals surface area contributed by atoms with E-state index in [-0.39, 0.29) is 24.9 Å². The molecule has 2 aliphatic rings. The molecule has 0 bridgehead atoms. The standard InChI is InChI=1S/C17H17F7N2O/c18-9-1-2-13(19)12(5-9)14-6-10(3-4-25-14)26(15(27)17(22,23)24)11-7-16(20,21)8-11/h1-2,5,10-11,14,25H,3-4,6-8H2/t10-,14+/m1/s1. The van der Waals surface area contributed by atoms with Crippen molar-refractivity contribution in [1.29, 1.82) is 0 Å². The summed E-state index contributed by atoms with van der Waals surface area (Å²) in [7, 11) is 0. The van der Waals surface area contributed by atoms with E-state index >= 15 is 0 Å². The summed E-state index contributed by atoms with van der Waals surface area (Å²) in [6, 6.07) is -0.313. The minimum absolute atomic E-state index is 0.0713. The molecule has 1 saturated heterocycles. The lowest BCUT2D eigenvalue weighted by atomic mass is 9.83. The number of hydrogen-bond acceptors (Lipinski definition) is 2. The van der Waals surface area contributed by atoms with E-state index in [0.717, 1.165) is 18.2 Å². The SMILES string of the molecule is O=C(N(C1CC(F)(F)C1)[C@@H]1CCN[C@H](c2cc(F)ccc2F)C1)C(F)(F)F. The summed E-state index contributed by atoms with van der Waals surface area (Å²) in [5.74, 6) is -6.72. The van der Waals surface area contributed by atoms with Crippen LogP contribution in [0.5, 0.6) is 0 Å². The second-order valence-electron chi connectivity index (χ2n) is 6.98. The molecule has 1 aliphatic heterocycles. The molecular weight excluding hydrogens is 381 g/mol. The molecule has 150 valence electrons. The average Bonchev–Trinajstić information content (AvgIpc) is 2.55. The van der Waals surface area contributed by atoms with Crippen LogP contribution < -0.4 is 5.32 Å². The Morgan fingerprint density at radius 3 is 2.41 bits per heavy atom. The van der Waals surface area contributed by atoms with Crippen molar-refractivity contribution in [2.45, 2.75) is 55.9 Å². The Morgan fingerprint density at radius 2 is 1.81 bits per heavy atom. The smallest absolute Gasteiger partial charge is 0.328 e. The molecule has 1 aliphatic carbocycles. The van der Waals surface area contributed by atoms with Crippen LogP contribution in [0, 0.1) is 11.6 Å². The third kappa shape index (κ3) is 4.20. The van der Waals surface area contributed by atoms with Crippen LogP contribution in [-0.2, 0) is 4.79 Å². The third-order valence-corrected chi connectivity index (χ3v) is 5.04. The first kappa shape index (κ1) is 19.9. The summed E-state index contributed by atoms with van der Waals surface area (Å²) in [4.78, 5) is 12.3. The zero-order valence-electron chi connectivity index (χ0n) is 14.0. The number of nitrogens with zero attached hydrogens (tertiary/aromatic N) is 1. The van der Waals surface area contributed by atoms with E-state index in [9.17, 15) is 35.5 Å². The molecular formula is C17H17F7N2O. The first-order valence-corrected chi connectivity index (χ1v) is 8.43. The van der Waals surface area contributed by atoms with Crippen molar-refractivity contribution in [3.8, 4) is 0 Å². The molecule has 1 saturated carbocycles. The first-order chi connectivity index (χ1) is 12.5. The summed E-state index contributed by atoms with van der Waals surface area (Å²) < 4.78 is 92.8. The summed E-state index contributed by atoms with van der Waals surface area (Å²) in [6.07, 6.45) is -6.91. The molecule has 1 N–H and O–H groups in total. The quantitative estimate of drug-likeness (QED) is 0.783. The van der Waals surface area contributed by atoms with Crippen LogP contribution in [-0.4, -0.2) is 41.5 Å². The number of carbonyl (C=O) groups is 1. The Kier molecular flexibility index (Phi) is 5.13. The van der Waals surface area contributed by atoms with Crippen LogP contribution in [0.25, 0.3) is 0 Å². The monoisotopic (exact) mass is 398 g/mol. The van der Waals surface area contributed by atoms with Crippen molar-refractivity contribution in [2.24, 2.45) is 0 Å². The van der Waals surface area contributed by atoms with Crippen LogP contribution >= 0.6 is 0 Å². The lowest BCUT2D eigenvalue weighted by Gasteiger charge is -2.48. The van der Waals surface area contributed by atoms with Gasteiger partial charge in [0.05, 0.1) is 0 Å². The maximum atomic E-state index is 14.0. The van der Waals surface area contributed by atoms with E-state index in [1.54, 1.807) is 0 Å². The largest absolute Gasteiger partial charge is 0.471 e. The van der Waals surface area contributed by atoms with Gasteiger partial charge in [-0.25, -0.2) is 17.6 Å². The molecule has 2 fully saturated rings. The van der Waals surface area contributed by atoms with Gasteiger partial charge in [0.1, 0.15) is 11.6 Å². The molecule has 3 rings (SSSR count). The van der Waals surface area contributed by atoms with Gasteiger partial charge in [-0.05, 0) is 37.6 Å². The van der Waals surface area contributed by atoms with Gasteiger partial charge in [-0.2, -0.15) is 13.2 Å². The summed E-state index contributed by atoms with van der Waals surface area (Å²) in [5, 5.41) is 2.88. The molecule has 1 amide bonds. The van der Waals surface area contributed by atoms with Crippen molar-refractivity contribution >= 4 is 5.91 Å². The van der Waals surface area contributed by atoms with Crippen molar-refractivity contribution < 1.29 is 35.5 Å². The van der Waals surface area contributed by atoms with Crippen molar-refractivity contribution in [3.05, 3.63) is 35.4 Å². The van der Waals surface area contributed by atoms with Crippen LogP contribution in [0.4, 0.5) is 30.7 Å². The normalized spacial score (nSPS) is 25.7. The number of hydrogen-bond donors (Lipinski definition) is 1. The minimum Gasteiger partial charge on any atom is -0.328 e. The Balaban J connectivity index is 1.84. The number of piperidine rings is 1. The average molecular weight is 398 g/mol. The van der Waals surface area contributed by atoms with Gasteiger partial charge in [0.15, 0.2) is 0 Å². The second kappa shape index (κ2) is 6.96. The number of amides is 1. The molecule has 0 radical (unpaired) electrons. The molecule has 1 aromatic carbocycles. The van der Waals surface area contributed by atoms with E-state index < -0.39 is 60.6 Å². The summed E-state index contributed by atoms with van der Waals surface area (Å²) >= 11 is 0. The van der Waals surface area contributed by atoms with Gasteiger partial charge in [-0.15, -0.1) is 0 Å². The molecule has 27 heavy (non-hydrogen) atoms. The highest BCUT2D eigenvalue weighted by Crippen LogP contribution is 2.44. The van der Waals surface area contributed by atoms with Crippen LogP contribution in [0.3, 0.4) is 0 Å². The second-order valence-corrected chi connectivity index (χ2v) is 6.98. The predicted octanol–water partition coefficient (Wildman–Crippen LogP) is 3.95. The van der Waals surface area contributed by atoms with Crippen LogP contribution in [0.1, 0.15) is 37.3 Å². The summed E-state index contributed by atoms with van der Waals surface area (Å²) in [6.45, 7) is 0.135. The predicted molar refractivity (Wildman–Crippen MR) is 81.0 cm³/mol. The highest BCUT2D eigenvalue weighted by molar-refractivity contribution is 5.82. The van der Waals surface area contributed by atoms with Gasteiger partial charge < -0.3 is 10.2 Å². The maximum Gasteiger partial charge on any atom is 0.471 e. The Morgan fingerprint density at radius 1 is 1.15 bits per heavy atom. The van der Waals surface area contributed by atoms with Crippen LogP contribution in [0.15, 0.2) is 18.2 Å². The fourth-order valence-corrected chi connectivity index (χ4v) is 3.77. The third-order valence-electron chi connectivity index (χ3n) is 5.04. The summed E-state index contributed by atoms with van der Waals surface area (Å²) in [5.41, 5.74) is -0.0713. The van der Waals surface area contributed by atoms with Crippen LogP contribution in [0.2, 0.25) is 0 Å². The van der Waals surface area contributed by atoms with Gasteiger partial charge in [0.2, 0.25) is 0 Å². The lowest BCUT2D eigenvalue weighted by Crippen LogP contribution is -2.61. The number of rotatable bonds is 3. The minimum atomic E-state index is -5.20. The van der Waals surface area contributed by atoms with Crippen molar-refractivity contribution in [3.63, 3.8) is 0 Å². The number of carbonyl (C=O) groups excluding carboxylic acids is 1. The highest BCUT2D eigenvalue weighted by atomic mass is 19.4. The fourth-order valence-electron chi connectivity index (χ4n) is 3.77. The number of alkyl halides is 5. The molecule has 3 nitrogen and oxygen atoms in total. The van der Waals surface area contributed by atoms with Gasteiger partial charge in [0.25, 0.3) is 5.92 Å². The Labute approximate surface area is 150 Å². The highest BCUT2D eigenvalue weighted by Gasteiger charge is 2.55. The van der Waals surface area contributed by atoms with Crippen molar-refractivity contribution in [1.82, 2.24) is 10.2 Å². The van der Waals surface area contributed by atoms with Gasteiger partial charge in [-0.1, -0.05) is 0 Å². The Bertz CT molecular complexity index is 714. The molecule has 2 atom stereocenters. The van der Waals surface area contributed by atoms with Gasteiger partial charge in [0, 0.05) is 36.5 Å². The van der Waals surface area contributed by atoms with Gasteiger partial charge in [-0.3, -0.25) is 4.79 Å². The van der Waals surface area contributed by atoms with E-state index in [2.05, 4.69) is 5.32 Å². The van der Waals surface area contributed by atoms with Gasteiger partial charge >= 0.3 is 12.1 Å². The van der Waals surface area contributed by atoms with Crippen molar-refractivity contribution in [2.75, 3.05) is 6.54 Å². The number of nitrogens with one attached hydrogen (secondary N) is 1. The van der Waals surface area contributed by atoms with E-state index in [1.165, 1.54) is 0 Å². The molecule has 0 unspecified atom stereocenters. The van der Waals surface area contributed by atoms with E-state index in [1.807, 2.05) is 0 Å². The number of halogens is 7. The first-order valence-electron chi connectivity index (χ1n) is 8.43. The Hall–Kier alpha value is -1.84. The maximum absolute atomic E-state index is 14.0. The zero-order chi connectivity index (χ0) is 20.0. The number of benzene rings is 1. The van der Waals surface area contributed by atoms with E-state index in [4.69, 9.17) is 0 Å². The zero-order valence-corrected chi connectivity index (χ0v) is 14.0. The molecule has 10 heteroatoms. The molecule has 1 heterocycles. The topological polar surface area (TPSA) is 32.3 Å².